The molecule has 2 aromatic carbocycles. The molecule has 0 radical (unpaired) electrons. The molecule has 0 bridgehead atoms. The first-order chi connectivity index (χ1) is 11.5. The topological polar surface area (TPSA) is 56.8 Å². The number of hydrogen-bond acceptors (Lipinski definition) is 4. The minimum absolute atomic E-state index is 0.280. The molecule has 0 saturated carbocycles. The van der Waals surface area contributed by atoms with Crippen molar-refractivity contribution in [2.75, 3.05) is 27.4 Å². The van der Waals surface area contributed by atoms with Crippen LogP contribution in [0.1, 0.15) is 10.4 Å². The van der Waals surface area contributed by atoms with Gasteiger partial charge in [-0.15, -0.1) is 0 Å². The Kier molecular flexibility index (Phi) is 6.58. The highest BCUT2D eigenvalue weighted by molar-refractivity contribution is 6.37. The molecule has 0 aromatic heterocycles. The fourth-order valence-corrected chi connectivity index (χ4v) is 2.65. The third-order valence-electron chi connectivity index (χ3n) is 3.16. The van der Waals surface area contributed by atoms with Gasteiger partial charge >= 0.3 is 0 Å². The summed E-state index contributed by atoms with van der Waals surface area (Å²) in [5.74, 6) is 1.42. The molecule has 0 fully saturated rings. The largest absolute Gasteiger partial charge is 0.497 e. The zero-order valence-corrected chi connectivity index (χ0v) is 14.8. The summed E-state index contributed by atoms with van der Waals surface area (Å²) in [7, 11) is 3.05. The zero-order valence-electron chi connectivity index (χ0n) is 13.3. The van der Waals surface area contributed by atoms with Crippen molar-refractivity contribution in [1.82, 2.24) is 5.32 Å². The van der Waals surface area contributed by atoms with E-state index in [-0.39, 0.29) is 16.0 Å². The van der Waals surface area contributed by atoms with E-state index >= 15 is 0 Å². The summed E-state index contributed by atoms with van der Waals surface area (Å²) >= 11 is 12.0. The summed E-state index contributed by atoms with van der Waals surface area (Å²) in [5.41, 5.74) is 0.354. The summed E-state index contributed by atoms with van der Waals surface area (Å²) in [6.45, 7) is 0.647. The molecular weight excluding hydrogens is 353 g/mol. The predicted octanol–water partition coefficient (Wildman–Crippen LogP) is 3.82. The summed E-state index contributed by atoms with van der Waals surface area (Å²) in [5, 5.41) is 3.30. The molecule has 5 nitrogen and oxygen atoms in total. The molecule has 0 unspecified atom stereocenters. The van der Waals surface area contributed by atoms with Gasteiger partial charge in [0.05, 0.1) is 30.8 Å². The number of rotatable bonds is 7. The maximum atomic E-state index is 12.1. The van der Waals surface area contributed by atoms with Crippen molar-refractivity contribution >= 4 is 29.1 Å². The quantitative estimate of drug-likeness (QED) is 0.753. The Labute approximate surface area is 150 Å². The van der Waals surface area contributed by atoms with Crippen molar-refractivity contribution in [1.29, 1.82) is 0 Å². The Balaban J connectivity index is 1.87. The van der Waals surface area contributed by atoms with E-state index in [9.17, 15) is 4.79 Å². The lowest BCUT2D eigenvalue weighted by molar-refractivity contribution is 0.0947. The van der Waals surface area contributed by atoms with E-state index in [1.807, 2.05) is 18.2 Å². The second-order valence-electron chi connectivity index (χ2n) is 4.76. The van der Waals surface area contributed by atoms with E-state index in [1.54, 1.807) is 13.2 Å². The van der Waals surface area contributed by atoms with Crippen LogP contribution in [0.25, 0.3) is 0 Å². The summed E-state index contributed by atoms with van der Waals surface area (Å²) in [6, 6.07) is 10.2. The molecule has 0 aliphatic rings. The van der Waals surface area contributed by atoms with Crippen LogP contribution in [-0.4, -0.2) is 33.3 Å². The highest BCUT2D eigenvalue weighted by Crippen LogP contribution is 2.33. The number of methoxy groups -OCH3 is 2. The molecule has 128 valence electrons. The van der Waals surface area contributed by atoms with Gasteiger partial charge in [-0.3, -0.25) is 4.79 Å². The number of nitrogens with one attached hydrogen (secondary N) is 1. The smallest absolute Gasteiger partial charge is 0.251 e. The first-order valence-corrected chi connectivity index (χ1v) is 7.89. The SMILES string of the molecule is COc1cccc(OCCNC(=O)c2cc(Cl)c(OC)c(Cl)c2)c1. The number of hydrogen-bond donors (Lipinski definition) is 1. The summed E-state index contributed by atoms with van der Waals surface area (Å²) in [4.78, 5) is 12.1. The van der Waals surface area contributed by atoms with Gasteiger partial charge in [-0.05, 0) is 24.3 Å². The van der Waals surface area contributed by atoms with Crippen LogP contribution >= 0.6 is 23.2 Å². The minimum Gasteiger partial charge on any atom is -0.497 e. The molecule has 0 saturated heterocycles. The fourth-order valence-electron chi connectivity index (χ4n) is 2.01. The Morgan fingerprint density at radius 2 is 1.71 bits per heavy atom. The highest BCUT2D eigenvalue weighted by atomic mass is 35.5. The van der Waals surface area contributed by atoms with Gasteiger partial charge in [-0.1, -0.05) is 29.3 Å². The molecule has 0 spiro atoms. The molecule has 1 N–H and O–H groups in total. The first-order valence-electron chi connectivity index (χ1n) is 7.13. The Hall–Kier alpha value is -2.11. The van der Waals surface area contributed by atoms with Crippen molar-refractivity contribution in [3.8, 4) is 17.2 Å². The minimum atomic E-state index is -0.296. The van der Waals surface area contributed by atoms with Gasteiger partial charge in [-0.2, -0.15) is 0 Å². The first kappa shape index (κ1) is 18.2. The van der Waals surface area contributed by atoms with Crippen molar-refractivity contribution in [3.63, 3.8) is 0 Å². The van der Waals surface area contributed by atoms with Crippen LogP contribution in [0, 0.1) is 0 Å². The van der Waals surface area contributed by atoms with E-state index in [0.717, 1.165) is 0 Å². The second kappa shape index (κ2) is 8.66. The van der Waals surface area contributed by atoms with Crippen LogP contribution in [0.4, 0.5) is 0 Å². The number of carbonyl (C=O) groups excluding carboxylic acids is 1. The Morgan fingerprint density at radius 3 is 2.33 bits per heavy atom. The van der Waals surface area contributed by atoms with Crippen LogP contribution < -0.4 is 19.5 Å². The average molecular weight is 370 g/mol. The van der Waals surface area contributed by atoms with Gasteiger partial charge in [0.25, 0.3) is 5.91 Å². The van der Waals surface area contributed by atoms with Crippen molar-refractivity contribution in [3.05, 3.63) is 52.0 Å². The third kappa shape index (κ3) is 4.69. The third-order valence-corrected chi connectivity index (χ3v) is 3.72. The van der Waals surface area contributed by atoms with Crippen molar-refractivity contribution in [2.45, 2.75) is 0 Å². The predicted molar refractivity (Wildman–Crippen MR) is 93.8 cm³/mol. The van der Waals surface area contributed by atoms with Crippen LogP contribution in [0.2, 0.25) is 10.0 Å². The molecule has 0 aliphatic carbocycles. The van der Waals surface area contributed by atoms with E-state index in [2.05, 4.69) is 5.32 Å². The van der Waals surface area contributed by atoms with E-state index < -0.39 is 0 Å². The number of ether oxygens (including phenoxy) is 3. The Bertz CT molecular complexity index is 698. The van der Waals surface area contributed by atoms with Gasteiger partial charge < -0.3 is 19.5 Å². The Morgan fingerprint density at radius 1 is 1.04 bits per heavy atom. The number of halogens is 2. The zero-order chi connectivity index (χ0) is 17.5. The number of carbonyl (C=O) groups is 1. The van der Waals surface area contributed by atoms with Gasteiger partial charge in [0.15, 0.2) is 5.75 Å². The van der Waals surface area contributed by atoms with E-state index in [4.69, 9.17) is 37.4 Å². The number of benzene rings is 2. The molecule has 2 aromatic rings. The summed E-state index contributed by atoms with van der Waals surface area (Å²) in [6.07, 6.45) is 0. The lowest BCUT2D eigenvalue weighted by Gasteiger charge is -2.10. The maximum absolute atomic E-state index is 12.1. The lowest BCUT2D eigenvalue weighted by Crippen LogP contribution is -2.28. The van der Waals surface area contributed by atoms with Crippen LogP contribution in [0.5, 0.6) is 17.2 Å². The lowest BCUT2D eigenvalue weighted by atomic mass is 10.2. The highest BCUT2D eigenvalue weighted by Gasteiger charge is 2.13. The van der Waals surface area contributed by atoms with Crippen LogP contribution in [-0.2, 0) is 0 Å². The summed E-state index contributed by atoms with van der Waals surface area (Å²) < 4.78 is 15.7. The molecule has 0 aliphatic heterocycles. The van der Waals surface area contributed by atoms with Crippen LogP contribution in [0.3, 0.4) is 0 Å². The van der Waals surface area contributed by atoms with E-state index in [1.165, 1.54) is 19.2 Å². The molecular formula is C17H17Cl2NO4. The van der Waals surface area contributed by atoms with Gasteiger partial charge in [0.2, 0.25) is 0 Å². The fraction of sp³-hybridized carbons (Fsp3) is 0.235. The van der Waals surface area contributed by atoms with Gasteiger partial charge in [0, 0.05) is 11.6 Å². The maximum Gasteiger partial charge on any atom is 0.251 e. The average Bonchev–Trinajstić information content (AvgIpc) is 2.58. The number of amides is 1. The molecule has 1 amide bonds. The monoisotopic (exact) mass is 369 g/mol. The standard InChI is InChI=1S/C17H17Cl2NO4/c1-22-12-4-3-5-13(10-12)24-7-6-20-17(21)11-8-14(18)16(23-2)15(19)9-11/h3-5,8-10H,6-7H2,1-2H3,(H,20,21). The second-order valence-corrected chi connectivity index (χ2v) is 5.57. The molecule has 0 heterocycles. The van der Waals surface area contributed by atoms with E-state index in [0.29, 0.717) is 36.0 Å². The van der Waals surface area contributed by atoms with Crippen LogP contribution in [0.15, 0.2) is 36.4 Å². The van der Waals surface area contributed by atoms with Crippen molar-refractivity contribution < 1.29 is 19.0 Å². The molecule has 2 rings (SSSR count). The van der Waals surface area contributed by atoms with Crippen molar-refractivity contribution in [2.24, 2.45) is 0 Å². The normalized spacial score (nSPS) is 10.2. The molecule has 24 heavy (non-hydrogen) atoms. The molecule has 7 heteroatoms. The van der Waals surface area contributed by atoms with Gasteiger partial charge in [-0.25, -0.2) is 0 Å². The molecule has 0 atom stereocenters. The van der Waals surface area contributed by atoms with Gasteiger partial charge in [0.1, 0.15) is 18.1 Å².